The fourth-order valence-electron chi connectivity index (χ4n) is 4.70. The highest BCUT2D eigenvalue weighted by atomic mass is 32.2. The molecule has 2 aromatic carbocycles. The number of nitrogens with zero attached hydrogens (tertiary/aromatic N) is 2. The summed E-state index contributed by atoms with van der Waals surface area (Å²) in [7, 11) is -1.92. The van der Waals surface area contributed by atoms with Gasteiger partial charge in [0.1, 0.15) is 11.5 Å². The number of methoxy groups -OCH3 is 1. The van der Waals surface area contributed by atoms with E-state index >= 15 is 0 Å². The van der Waals surface area contributed by atoms with Crippen LogP contribution in [0.1, 0.15) is 37.7 Å². The van der Waals surface area contributed by atoms with Crippen molar-refractivity contribution in [2.45, 2.75) is 50.0 Å². The monoisotopic (exact) mass is 501 g/mol. The van der Waals surface area contributed by atoms with E-state index in [1.54, 1.807) is 32.2 Å². The summed E-state index contributed by atoms with van der Waals surface area (Å²) in [6, 6.07) is 12.7. The third-order valence-corrected chi connectivity index (χ3v) is 8.32. The highest BCUT2D eigenvalue weighted by molar-refractivity contribution is 7.89. The van der Waals surface area contributed by atoms with Crippen LogP contribution in [0.4, 0.5) is 5.69 Å². The van der Waals surface area contributed by atoms with E-state index in [9.17, 15) is 13.2 Å². The number of rotatable bonds is 8. The molecule has 0 spiro atoms. The molecule has 0 aromatic heterocycles. The van der Waals surface area contributed by atoms with E-state index in [0.717, 1.165) is 50.2 Å². The van der Waals surface area contributed by atoms with Gasteiger partial charge in [-0.3, -0.25) is 4.79 Å². The van der Waals surface area contributed by atoms with Gasteiger partial charge in [0.15, 0.2) is 6.61 Å². The minimum Gasteiger partial charge on any atom is -0.497 e. The summed E-state index contributed by atoms with van der Waals surface area (Å²) in [6.07, 6.45) is 5.05. The Hall–Kier alpha value is -2.78. The van der Waals surface area contributed by atoms with Gasteiger partial charge in [0.2, 0.25) is 10.0 Å². The first-order valence-electron chi connectivity index (χ1n) is 12.3. The lowest BCUT2D eigenvalue weighted by atomic mass is 9.96. The second-order valence-corrected chi connectivity index (χ2v) is 11.0. The number of sulfonamides is 1. The van der Waals surface area contributed by atoms with Crippen LogP contribution in [0.3, 0.4) is 0 Å². The van der Waals surface area contributed by atoms with Gasteiger partial charge in [-0.2, -0.15) is 0 Å². The van der Waals surface area contributed by atoms with Crippen molar-refractivity contribution in [2.24, 2.45) is 0 Å². The van der Waals surface area contributed by atoms with Crippen molar-refractivity contribution >= 4 is 21.6 Å². The number of ether oxygens (including phenoxy) is 2. The molecule has 190 valence electrons. The molecule has 1 N–H and O–H groups in total. The van der Waals surface area contributed by atoms with Gasteiger partial charge in [0.05, 0.1) is 12.0 Å². The van der Waals surface area contributed by atoms with E-state index in [4.69, 9.17) is 9.47 Å². The zero-order chi connectivity index (χ0) is 24.8. The molecule has 1 aliphatic heterocycles. The molecule has 1 aliphatic carbocycles. The molecule has 2 aliphatic rings. The number of aryl methyl sites for hydroxylation is 1. The van der Waals surface area contributed by atoms with E-state index in [-0.39, 0.29) is 23.5 Å². The Morgan fingerprint density at radius 1 is 1.00 bits per heavy atom. The number of hydrogen-bond donors (Lipinski definition) is 1. The van der Waals surface area contributed by atoms with Crippen LogP contribution in [0.15, 0.2) is 47.4 Å². The van der Waals surface area contributed by atoms with E-state index in [2.05, 4.69) is 9.62 Å². The number of carbonyl (C=O) groups is 1. The highest BCUT2D eigenvalue weighted by Crippen LogP contribution is 2.25. The summed E-state index contributed by atoms with van der Waals surface area (Å²) in [5.41, 5.74) is 1.80. The van der Waals surface area contributed by atoms with Crippen molar-refractivity contribution < 1.29 is 22.7 Å². The van der Waals surface area contributed by atoms with Crippen molar-refractivity contribution in [2.75, 3.05) is 44.8 Å². The molecule has 8 nitrogen and oxygen atoms in total. The zero-order valence-corrected chi connectivity index (χ0v) is 21.4. The van der Waals surface area contributed by atoms with Gasteiger partial charge in [0.25, 0.3) is 5.91 Å². The smallest absolute Gasteiger partial charge is 0.260 e. The molecule has 0 bridgehead atoms. The lowest BCUT2D eigenvalue weighted by Gasteiger charge is -2.36. The lowest BCUT2D eigenvalue weighted by Crippen LogP contribution is -2.50. The number of benzene rings is 2. The number of hydrogen-bond acceptors (Lipinski definition) is 6. The van der Waals surface area contributed by atoms with Gasteiger partial charge in [-0.1, -0.05) is 19.3 Å². The van der Waals surface area contributed by atoms with Gasteiger partial charge in [-0.25, -0.2) is 13.1 Å². The second-order valence-electron chi connectivity index (χ2n) is 9.24. The van der Waals surface area contributed by atoms with Crippen LogP contribution in [0.2, 0.25) is 0 Å². The molecule has 1 amide bonds. The predicted octanol–water partition coefficient (Wildman–Crippen LogP) is 3.34. The molecule has 35 heavy (non-hydrogen) atoms. The van der Waals surface area contributed by atoms with Gasteiger partial charge in [-0.05, 0) is 67.8 Å². The number of piperazine rings is 1. The average Bonchev–Trinajstić information content (AvgIpc) is 2.88. The molecule has 2 fully saturated rings. The number of anilines is 1. The van der Waals surface area contributed by atoms with Crippen molar-refractivity contribution in [3.8, 4) is 11.5 Å². The third kappa shape index (κ3) is 6.46. The van der Waals surface area contributed by atoms with E-state index in [0.29, 0.717) is 24.4 Å². The normalized spacial score (nSPS) is 17.3. The standard InChI is InChI=1S/C26H35N3O5S/c1-20-18-24(35(31,32)27-21-6-4-3-5-7-21)12-13-25(20)34-19-26(30)29-16-14-28(15-17-29)22-8-10-23(33-2)11-9-22/h8-13,18,21,27H,3-7,14-17,19H2,1-2H3. The summed E-state index contributed by atoms with van der Waals surface area (Å²) in [5.74, 6) is 1.27. The summed E-state index contributed by atoms with van der Waals surface area (Å²) in [4.78, 5) is 17.0. The molecule has 9 heteroatoms. The van der Waals surface area contributed by atoms with Crippen LogP contribution in [0.25, 0.3) is 0 Å². The maximum atomic E-state index is 12.8. The lowest BCUT2D eigenvalue weighted by molar-refractivity contribution is -0.133. The Labute approximate surface area is 208 Å². The first-order valence-corrected chi connectivity index (χ1v) is 13.8. The Morgan fingerprint density at radius 3 is 2.31 bits per heavy atom. The van der Waals surface area contributed by atoms with Crippen LogP contribution < -0.4 is 19.1 Å². The first kappa shape index (κ1) is 25.3. The molecule has 1 saturated heterocycles. The molecular formula is C26H35N3O5S. The molecule has 4 rings (SSSR count). The summed E-state index contributed by atoms with van der Waals surface area (Å²) >= 11 is 0. The highest BCUT2D eigenvalue weighted by Gasteiger charge is 2.24. The van der Waals surface area contributed by atoms with Crippen LogP contribution in [-0.2, 0) is 14.8 Å². The Balaban J connectivity index is 1.28. The first-order chi connectivity index (χ1) is 16.9. The van der Waals surface area contributed by atoms with Gasteiger partial charge in [0, 0.05) is 37.9 Å². The fourth-order valence-corrected chi connectivity index (χ4v) is 6.09. The van der Waals surface area contributed by atoms with Crippen LogP contribution in [0, 0.1) is 6.92 Å². The van der Waals surface area contributed by atoms with Crippen molar-refractivity contribution in [3.05, 3.63) is 48.0 Å². The van der Waals surface area contributed by atoms with Gasteiger partial charge < -0.3 is 19.3 Å². The molecule has 0 atom stereocenters. The van der Waals surface area contributed by atoms with Gasteiger partial charge >= 0.3 is 0 Å². The maximum absolute atomic E-state index is 12.8. The predicted molar refractivity (Wildman–Crippen MR) is 136 cm³/mol. The second kappa shape index (κ2) is 11.3. The van der Waals surface area contributed by atoms with E-state index in [1.807, 2.05) is 29.2 Å². The maximum Gasteiger partial charge on any atom is 0.260 e. The van der Waals surface area contributed by atoms with Crippen LogP contribution in [-0.4, -0.2) is 65.2 Å². The van der Waals surface area contributed by atoms with Crippen LogP contribution in [0.5, 0.6) is 11.5 Å². The third-order valence-electron chi connectivity index (χ3n) is 6.80. The zero-order valence-electron chi connectivity index (χ0n) is 20.5. The Bertz CT molecular complexity index is 1110. The number of nitrogens with one attached hydrogen (secondary N) is 1. The molecule has 1 saturated carbocycles. The average molecular weight is 502 g/mol. The number of carbonyl (C=O) groups excluding carboxylic acids is 1. The Kier molecular flexibility index (Phi) is 8.18. The molecule has 1 heterocycles. The van der Waals surface area contributed by atoms with Crippen molar-refractivity contribution in [1.82, 2.24) is 9.62 Å². The van der Waals surface area contributed by atoms with Gasteiger partial charge in [-0.15, -0.1) is 0 Å². The summed E-state index contributed by atoms with van der Waals surface area (Å²) in [6.45, 7) is 4.46. The molecule has 2 aromatic rings. The molecule has 0 unspecified atom stereocenters. The quantitative estimate of drug-likeness (QED) is 0.597. The summed E-state index contributed by atoms with van der Waals surface area (Å²) in [5, 5.41) is 0. The van der Waals surface area contributed by atoms with E-state index in [1.165, 1.54) is 6.42 Å². The van der Waals surface area contributed by atoms with Crippen LogP contribution >= 0.6 is 0 Å². The topological polar surface area (TPSA) is 88.2 Å². The molecular weight excluding hydrogens is 466 g/mol. The molecule has 0 radical (unpaired) electrons. The van der Waals surface area contributed by atoms with Crippen molar-refractivity contribution in [3.63, 3.8) is 0 Å². The van der Waals surface area contributed by atoms with Crippen molar-refractivity contribution in [1.29, 1.82) is 0 Å². The Morgan fingerprint density at radius 2 is 1.69 bits per heavy atom. The minimum atomic E-state index is -3.57. The minimum absolute atomic E-state index is 0.00721. The van der Waals surface area contributed by atoms with E-state index < -0.39 is 10.0 Å². The number of amides is 1. The fraction of sp³-hybridized carbons (Fsp3) is 0.500. The largest absolute Gasteiger partial charge is 0.497 e. The summed E-state index contributed by atoms with van der Waals surface area (Å²) < 4.78 is 39.4. The SMILES string of the molecule is COc1ccc(N2CCN(C(=O)COc3ccc(S(=O)(=O)NC4CCCCC4)cc3C)CC2)cc1.